The zero-order valence-corrected chi connectivity index (χ0v) is 9.96. The molecule has 0 atom stereocenters. The summed E-state index contributed by atoms with van der Waals surface area (Å²) in [5.74, 6) is -0.329. The molecule has 3 nitrogen and oxygen atoms in total. The van der Waals surface area contributed by atoms with E-state index in [0.717, 1.165) is 3.57 Å². The molecule has 0 unspecified atom stereocenters. The van der Waals surface area contributed by atoms with Gasteiger partial charge in [0.1, 0.15) is 6.42 Å². The number of hydrogen-bond acceptors (Lipinski definition) is 2. The van der Waals surface area contributed by atoms with Crippen molar-refractivity contribution >= 4 is 45.8 Å². The molecule has 0 aliphatic carbocycles. The Morgan fingerprint density at radius 2 is 2.36 bits per heavy atom. The molecule has 5 heteroatoms. The van der Waals surface area contributed by atoms with Crippen LogP contribution in [0.25, 0.3) is 0 Å². The summed E-state index contributed by atoms with van der Waals surface area (Å²) in [6, 6.07) is 6.95. The van der Waals surface area contributed by atoms with Gasteiger partial charge in [0.25, 0.3) is 0 Å². The van der Waals surface area contributed by atoms with Gasteiger partial charge in [-0.25, -0.2) is 0 Å². The molecule has 1 aromatic carbocycles. The topological polar surface area (TPSA) is 52.9 Å². The quantitative estimate of drug-likeness (QED) is 0.852. The molecule has 1 amide bonds. The first-order valence-electron chi connectivity index (χ1n) is 3.75. The fraction of sp³-hybridized carbons (Fsp3) is 0.111. The minimum atomic E-state index is -0.329. The van der Waals surface area contributed by atoms with E-state index in [4.69, 9.17) is 16.9 Å². The molecule has 0 fully saturated rings. The first-order chi connectivity index (χ1) is 6.63. The van der Waals surface area contributed by atoms with Gasteiger partial charge in [-0.2, -0.15) is 5.26 Å². The van der Waals surface area contributed by atoms with Crippen molar-refractivity contribution in [2.75, 3.05) is 5.32 Å². The van der Waals surface area contributed by atoms with Crippen LogP contribution < -0.4 is 5.32 Å². The van der Waals surface area contributed by atoms with Crippen molar-refractivity contribution < 1.29 is 4.79 Å². The highest BCUT2D eigenvalue weighted by molar-refractivity contribution is 14.1. The number of nitrogens with zero attached hydrogens (tertiary/aromatic N) is 1. The Balaban J connectivity index is 2.74. The molecule has 0 saturated heterocycles. The number of halogens is 2. The Morgan fingerprint density at radius 3 is 2.93 bits per heavy atom. The summed E-state index contributed by atoms with van der Waals surface area (Å²) in [4.78, 5) is 11.0. The molecule has 14 heavy (non-hydrogen) atoms. The van der Waals surface area contributed by atoms with E-state index in [0.29, 0.717) is 10.7 Å². The molecular weight excluding hydrogens is 314 g/mol. The van der Waals surface area contributed by atoms with Gasteiger partial charge in [-0.15, -0.1) is 0 Å². The maximum atomic E-state index is 11.0. The van der Waals surface area contributed by atoms with Crippen LogP contribution in [0, 0.1) is 14.9 Å². The van der Waals surface area contributed by atoms with E-state index in [1.807, 2.05) is 0 Å². The van der Waals surface area contributed by atoms with E-state index in [-0.39, 0.29) is 12.3 Å². The molecule has 0 spiro atoms. The number of hydrogen-bond donors (Lipinski definition) is 1. The van der Waals surface area contributed by atoms with Gasteiger partial charge < -0.3 is 5.32 Å². The Bertz CT molecular complexity index is 400. The summed E-state index contributed by atoms with van der Waals surface area (Å²) in [7, 11) is 0. The first-order valence-corrected chi connectivity index (χ1v) is 5.21. The number of benzene rings is 1. The lowest BCUT2D eigenvalue weighted by atomic mass is 10.3. The molecule has 0 bridgehead atoms. The third kappa shape index (κ3) is 3.16. The molecule has 72 valence electrons. The average molecular weight is 321 g/mol. The van der Waals surface area contributed by atoms with Gasteiger partial charge >= 0.3 is 0 Å². The van der Waals surface area contributed by atoms with Crippen molar-refractivity contribution in [1.82, 2.24) is 0 Å². The molecule has 1 N–H and O–H groups in total. The number of amides is 1. The Labute approximate surface area is 100 Å². The Hall–Kier alpha value is -0.800. The van der Waals surface area contributed by atoms with Gasteiger partial charge in [0.2, 0.25) is 5.91 Å². The predicted molar refractivity (Wildman–Crippen MR) is 63.0 cm³/mol. The smallest absolute Gasteiger partial charge is 0.238 e. The van der Waals surface area contributed by atoms with E-state index < -0.39 is 0 Å². The van der Waals surface area contributed by atoms with Gasteiger partial charge in [-0.3, -0.25) is 4.79 Å². The van der Waals surface area contributed by atoms with Crippen LogP contribution in [0.15, 0.2) is 18.2 Å². The largest absolute Gasteiger partial charge is 0.325 e. The normalized spacial score (nSPS) is 9.21. The second-order valence-electron chi connectivity index (χ2n) is 2.51. The molecule has 0 radical (unpaired) electrons. The van der Waals surface area contributed by atoms with Gasteiger partial charge in [0, 0.05) is 9.26 Å². The predicted octanol–water partition coefficient (Wildman–Crippen LogP) is 2.80. The van der Waals surface area contributed by atoms with Crippen molar-refractivity contribution in [3.8, 4) is 6.07 Å². The number of carbonyl (C=O) groups is 1. The summed E-state index contributed by atoms with van der Waals surface area (Å²) in [6.07, 6.45) is -0.149. The van der Waals surface area contributed by atoms with Gasteiger partial charge in [0.15, 0.2) is 0 Å². The van der Waals surface area contributed by atoms with Crippen LogP contribution in [0.2, 0.25) is 5.02 Å². The van der Waals surface area contributed by atoms with E-state index in [9.17, 15) is 4.79 Å². The maximum absolute atomic E-state index is 11.0. The zero-order valence-electron chi connectivity index (χ0n) is 7.05. The number of anilines is 1. The maximum Gasteiger partial charge on any atom is 0.238 e. The standard InChI is InChI=1S/C9H6ClIN2O/c10-7-5-6(1-2-8(7)11)13-9(14)3-4-12/h1-2,5H,3H2,(H,13,14). The van der Waals surface area contributed by atoms with Gasteiger partial charge in [-0.1, -0.05) is 11.6 Å². The number of nitrogens with one attached hydrogen (secondary N) is 1. The molecule has 0 heterocycles. The van der Waals surface area contributed by atoms with Crippen molar-refractivity contribution in [2.45, 2.75) is 6.42 Å². The Kier molecular flexibility index (Phi) is 4.17. The summed E-state index contributed by atoms with van der Waals surface area (Å²) >= 11 is 7.94. The average Bonchev–Trinajstić information content (AvgIpc) is 2.12. The summed E-state index contributed by atoms with van der Waals surface area (Å²) in [5, 5.41) is 11.4. The fourth-order valence-corrected chi connectivity index (χ4v) is 1.37. The van der Waals surface area contributed by atoms with E-state index in [1.54, 1.807) is 24.3 Å². The lowest BCUT2D eigenvalue weighted by Crippen LogP contribution is -2.09. The van der Waals surface area contributed by atoms with Crippen LogP contribution >= 0.6 is 34.2 Å². The summed E-state index contributed by atoms with van der Waals surface area (Å²) < 4.78 is 0.919. The first kappa shape index (κ1) is 11.3. The van der Waals surface area contributed by atoms with Crippen molar-refractivity contribution in [3.05, 3.63) is 26.8 Å². The monoisotopic (exact) mass is 320 g/mol. The third-order valence-corrected chi connectivity index (χ3v) is 3.02. The van der Waals surface area contributed by atoms with Crippen LogP contribution in [-0.4, -0.2) is 5.91 Å². The molecule has 1 rings (SSSR count). The molecular formula is C9H6ClIN2O. The fourth-order valence-electron chi connectivity index (χ4n) is 0.851. The zero-order chi connectivity index (χ0) is 10.6. The van der Waals surface area contributed by atoms with Crippen LogP contribution in [0.1, 0.15) is 6.42 Å². The van der Waals surface area contributed by atoms with Crippen molar-refractivity contribution in [1.29, 1.82) is 5.26 Å². The summed E-state index contributed by atoms with van der Waals surface area (Å²) in [5.41, 5.74) is 0.607. The summed E-state index contributed by atoms with van der Waals surface area (Å²) in [6.45, 7) is 0. The van der Waals surface area contributed by atoms with E-state index in [1.165, 1.54) is 0 Å². The van der Waals surface area contributed by atoms with Crippen LogP contribution in [0.4, 0.5) is 5.69 Å². The molecule has 0 saturated carbocycles. The second-order valence-corrected chi connectivity index (χ2v) is 4.08. The van der Waals surface area contributed by atoms with E-state index >= 15 is 0 Å². The highest BCUT2D eigenvalue weighted by atomic mass is 127. The molecule has 0 aromatic heterocycles. The highest BCUT2D eigenvalue weighted by Gasteiger charge is 2.03. The number of nitriles is 1. The molecule has 1 aromatic rings. The third-order valence-electron chi connectivity index (χ3n) is 1.44. The van der Waals surface area contributed by atoms with Gasteiger partial charge in [-0.05, 0) is 40.8 Å². The lowest BCUT2D eigenvalue weighted by Gasteiger charge is -2.03. The van der Waals surface area contributed by atoms with Crippen LogP contribution in [0.5, 0.6) is 0 Å². The highest BCUT2D eigenvalue weighted by Crippen LogP contribution is 2.22. The molecule has 0 aliphatic rings. The minimum absolute atomic E-state index is 0.149. The van der Waals surface area contributed by atoms with Crippen molar-refractivity contribution in [3.63, 3.8) is 0 Å². The minimum Gasteiger partial charge on any atom is -0.325 e. The van der Waals surface area contributed by atoms with Crippen LogP contribution in [-0.2, 0) is 4.79 Å². The lowest BCUT2D eigenvalue weighted by molar-refractivity contribution is -0.115. The SMILES string of the molecule is N#CCC(=O)Nc1ccc(I)c(Cl)c1. The van der Waals surface area contributed by atoms with Crippen molar-refractivity contribution in [2.24, 2.45) is 0 Å². The van der Waals surface area contributed by atoms with Crippen LogP contribution in [0.3, 0.4) is 0 Å². The van der Waals surface area contributed by atoms with Gasteiger partial charge in [0.05, 0.1) is 11.1 Å². The second kappa shape index (κ2) is 5.17. The Morgan fingerprint density at radius 1 is 1.64 bits per heavy atom. The molecule has 0 aliphatic heterocycles. The number of rotatable bonds is 2. The van der Waals surface area contributed by atoms with E-state index in [2.05, 4.69) is 27.9 Å². The number of carbonyl (C=O) groups excluding carboxylic acids is 1.